The van der Waals surface area contributed by atoms with E-state index < -0.39 is 0 Å². The molecule has 0 aliphatic carbocycles. The summed E-state index contributed by atoms with van der Waals surface area (Å²) in [6.07, 6.45) is 0. The Labute approximate surface area is 90.9 Å². The van der Waals surface area contributed by atoms with E-state index in [-0.39, 0.29) is 28.6 Å². The molecule has 1 rings (SSSR count). The molecule has 1 amide bonds. The molecule has 15 heavy (non-hydrogen) atoms. The maximum absolute atomic E-state index is 11.7. The minimum Gasteiger partial charge on any atom is -0.361 e. The Morgan fingerprint density at radius 1 is 1.20 bits per heavy atom. The van der Waals surface area contributed by atoms with Gasteiger partial charge in [-0.3, -0.25) is 4.79 Å². The van der Waals surface area contributed by atoms with Gasteiger partial charge in [0.1, 0.15) is 6.04 Å². The van der Waals surface area contributed by atoms with Crippen LogP contribution >= 0.6 is 0 Å². The summed E-state index contributed by atoms with van der Waals surface area (Å²) in [5, 5.41) is 0. The Kier molecular flexibility index (Phi) is 2.52. The summed E-state index contributed by atoms with van der Waals surface area (Å²) >= 11 is 0. The summed E-state index contributed by atoms with van der Waals surface area (Å²) in [5.41, 5.74) is 8.75. The van der Waals surface area contributed by atoms with Crippen LogP contribution in [0, 0.1) is 5.41 Å². The Hall–Kier alpha value is -1.15. The molecule has 0 saturated carbocycles. The molecule has 84 valence electrons. The maximum atomic E-state index is 11.7. The van der Waals surface area contributed by atoms with Crippen LogP contribution in [0.4, 0.5) is 0 Å². The lowest BCUT2D eigenvalue weighted by atomic mass is 9.75. The summed E-state index contributed by atoms with van der Waals surface area (Å²) in [4.78, 5) is 16.6. The fourth-order valence-corrected chi connectivity index (χ4v) is 2.00. The van der Waals surface area contributed by atoms with E-state index in [1.807, 2.05) is 41.5 Å². The number of likely N-dealkylation sites (tertiary alicyclic amines) is 1. The third kappa shape index (κ3) is 1.82. The lowest BCUT2D eigenvalue weighted by Gasteiger charge is -2.50. The van der Waals surface area contributed by atoms with Gasteiger partial charge < -0.3 is 10.4 Å². The second-order valence-electron chi connectivity index (χ2n) is 6.10. The molecule has 0 aromatic carbocycles. The van der Waals surface area contributed by atoms with Crippen molar-refractivity contribution in [2.24, 2.45) is 5.41 Å². The van der Waals surface area contributed by atoms with Gasteiger partial charge in [-0.1, -0.05) is 20.8 Å². The molecule has 4 heteroatoms. The predicted octanol–water partition coefficient (Wildman–Crippen LogP) is 1.71. The molecule has 1 aliphatic heterocycles. The van der Waals surface area contributed by atoms with Gasteiger partial charge in [0.2, 0.25) is 0 Å². The van der Waals surface area contributed by atoms with E-state index in [1.165, 1.54) is 0 Å². The van der Waals surface area contributed by atoms with Gasteiger partial charge >= 0.3 is 11.6 Å². The minimum atomic E-state index is -0.233. The highest BCUT2D eigenvalue weighted by molar-refractivity contribution is 6.45. The summed E-state index contributed by atoms with van der Waals surface area (Å²) in [6.45, 7) is 12.1. The third-order valence-corrected chi connectivity index (χ3v) is 2.61. The standard InChI is InChI=1S/C11H19N3O/c1-10(2,3)8-7(13-12)9(15)14(8)11(4,5)6/h8H,1-6H3. The van der Waals surface area contributed by atoms with Crippen LogP contribution in [0.1, 0.15) is 41.5 Å². The van der Waals surface area contributed by atoms with Gasteiger partial charge in [0.15, 0.2) is 0 Å². The fraction of sp³-hybridized carbons (Fsp3) is 0.818. The summed E-state index contributed by atoms with van der Waals surface area (Å²) in [6, 6.07) is -0.102. The van der Waals surface area contributed by atoms with Crippen LogP contribution in [0.25, 0.3) is 5.53 Å². The number of nitrogens with zero attached hydrogens (tertiary/aromatic N) is 3. The van der Waals surface area contributed by atoms with Crippen LogP contribution in [0.2, 0.25) is 0 Å². The Morgan fingerprint density at radius 3 is 1.93 bits per heavy atom. The van der Waals surface area contributed by atoms with E-state index in [9.17, 15) is 4.79 Å². The molecule has 4 nitrogen and oxygen atoms in total. The molecule has 0 aromatic rings. The van der Waals surface area contributed by atoms with Crippen molar-refractivity contribution in [3.8, 4) is 0 Å². The van der Waals surface area contributed by atoms with Gasteiger partial charge in [-0.15, -0.1) is 0 Å². The van der Waals surface area contributed by atoms with Gasteiger partial charge in [-0.2, -0.15) is 4.79 Å². The summed E-state index contributed by atoms with van der Waals surface area (Å²) in [5.74, 6) is -0.162. The first-order valence-corrected chi connectivity index (χ1v) is 5.16. The maximum Gasteiger partial charge on any atom is 0.378 e. The largest absolute Gasteiger partial charge is 0.378 e. The second-order valence-corrected chi connectivity index (χ2v) is 6.10. The van der Waals surface area contributed by atoms with Crippen molar-refractivity contribution >= 4 is 11.6 Å². The molecule has 1 heterocycles. The van der Waals surface area contributed by atoms with Gasteiger partial charge in [0.05, 0.1) is 0 Å². The quantitative estimate of drug-likeness (QED) is 0.340. The van der Waals surface area contributed by atoms with Gasteiger partial charge in [0, 0.05) is 5.54 Å². The van der Waals surface area contributed by atoms with Crippen molar-refractivity contribution in [1.29, 1.82) is 0 Å². The van der Waals surface area contributed by atoms with Crippen LogP contribution in [0.3, 0.4) is 0 Å². The first-order valence-electron chi connectivity index (χ1n) is 5.16. The number of carbonyl (C=O) groups is 1. The van der Waals surface area contributed by atoms with Gasteiger partial charge in [-0.05, 0) is 26.2 Å². The molecular weight excluding hydrogens is 190 g/mol. The van der Waals surface area contributed by atoms with Crippen LogP contribution in [0.5, 0.6) is 0 Å². The van der Waals surface area contributed by atoms with Crippen molar-refractivity contribution in [3.63, 3.8) is 0 Å². The van der Waals surface area contributed by atoms with Crippen molar-refractivity contribution in [2.75, 3.05) is 0 Å². The predicted molar refractivity (Wildman–Crippen MR) is 58.5 cm³/mol. The normalized spacial score (nSPS) is 22.5. The molecule has 1 saturated heterocycles. The smallest absolute Gasteiger partial charge is 0.361 e. The monoisotopic (exact) mass is 209 g/mol. The SMILES string of the molecule is CC(C)(C)C1C(=[N+]=[N-])C(=O)N1C(C)(C)C. The van der Waals surface area contributed by atoms with Crippen LogP contribution < -0.4 is 0 Å². The Morgan fingerprint density at radius 2 is 1.67 bits per heavy atom. The first-order chi connectivity index (χ1) is 6.60. The van der Waals surface area contributed by atoms with E-state index in [1.54, 1.807) is 4.90 Å². The average Bonchev–Trinajstić information content (AvgIpc) is 1.95. The minimum absolute atomic E-state index is 0.102. The summed E-state index contributed by atoms with van der Waals surface area (Å²) < 4.78 is 0. The lowest BCUT2D eigenvalue weighted by molar-refractivity contribution is -0.151. The van der Waals surface area contributed by atoms with E-state index in [2.05, 4.69) is 4.79 Å². The van der Waals surface area contributed by atoms with Crippen LogP contribution in [0.15, 0.2) is 0 Å². The highest BCUT2D eigenvalue weighted by Crippen LogP contribution is 2.37. The number of rotatable bonds is 0. The Bertz CT molecular complexity index is 340. The van der Waals surface area contributed by atoms with Gasteiger partial charge in [0.25, 0.3) is 0 Å². The molecule has 0 radical (unpaired) electrons. The zero-order chi connectivity index (χ0) is 12.0. The molecule has 0 bridgehead atoms. The lowest BCUT2D eigenvalue weighted by Crippen LogP contribution is -2.72. The molecular formula is C11H19N3O. The van der Waals surface area contributed by atoms with E-state index in [4.69, 9.17) is 5.53 Å². The zero-order valence-electron chi connectivity index (χ0n) is 10.3. The molecule has 1 unspecified atom stereocenters. The molecule has 1 fully saturated rings. The van der Waals surface area contributed by atoms with Crippen molar-refractivity contribution in [1.82, 2.24) is 4.90 Å². The third-order valence-electron chi connectivity index (χ3n) is 2.61. The van der Waals surface area contributed by atoms with E-state index in [0.717, 1.165) is 0 Å². The highest BCUT2D eigenvalue weighted by atomic mass is 16.2. The van der Waals surface area contributed by atoms with Crippen LogP contribution in [-0.4, -0.2) is 32.9 Å². The van der Waals surface area contributed by atoms with Crippen LogP contribution in [-0.2, 0) is 4.79 Å². The number of hydrogen-bond acceptors (Lipinski definition) is 1. The second kappa shape index (κ2) is 3.17. The molecule has 0 N–H and O–H groups in total. The van der Waals surface area contributed by atoms with Crippen molar-refractivity contribution in [2.45, 2.75) is 53.1 Å². The molecule has 0 spiro atoms. The molecule has 1 aliphatic rings. The molecule has 1 atom stereocenters. The average molecular weight is 209 g/mol. The zero-order valence-corrected chi connectivity index (χ0v) is 10.3. The molecule has 0 aromatic heterocycles. The number of hydrogen-bond donors (Lipinski definition) is 0. The number of β-lactam (4-membered cyclic amide) rings is 1. The van der Waals surface area contributed by atoms with Crippen molar-refractivity contribution in [3.05, 3.63) is 5.53 Å². The van der Waals surface area contributed by atoms with E-state index in [0.29, 0.717) is 0 Å². The topological polar surface area (TPSA) is 56.7 Å². The van der Waals surface area contributed by atoms with E-state index >= 15 is 0 Å². The Balaban J connectivity index is 3.12. The van der Waals surface area contributed by atoms with Crippen molar-refractivity contribution < 1.29 is 9.58 Å². The number of carbonyl (C=O) groups excluding carboxylic acids is 1. The summed E-state index contributed by atoms with van der Waals surface area (Å²) in [7, 11) is 0. The highest BCUT2D eigenvalue weighted by Gasteiger charge is 2.59. The van der Waals surface area contributed by atoms with Gasteiger partial charge in [-0.25, -0.2) is 0 Å². The fourth-order valence-electron chi connectivity index (χ4n) is 2.00. The first kappa shape index (κ1) is 11.9. The number of amides is 1.